The predicted molar refractivity (Wildman–Crippen MR) is 87.4 cm³/mol. The smallest absolute Gasteiger partial charge is 0.383 e. The number of anilines is 1. The molecule has 3 rings (SSSR count). The Labute approximate surface area is 143 Å². The molecule has 0 atom stereocenters. The van der Waals surface area contributed by atoms with Gasteiger partial charge in [0.2, 0.25) is 0 Å². The Balaban J connectivity index is 2.32. The van der Waals surface area contributed by atoms with Crippen LogP contribution in [-0.4, -0.2) is 19.6 Å². The molecule has 1 aromatic carbocycles. The van der Waals surface area contributed by atoms with Crippen LogP contribution in [-0.2, 0) is 6.18 Å². The van der Waals surface area contributed by atoms with Crippen LogP contribution in [0.5, 0.6) is 0 Å². The molecule has 0 aliphatic carbocycles. The summed E-state index contributed by atoms with van der Waals surface area (Å²) in [5, 5.41) is 3.47. The largest absolute Gasteiger partial charge is 0.453 e. The molecule has 2 aromatic heterocycles. The summed E-state index contributed by atoms with van der Waals surface area (Å²) in [6.45, 7) is 3.78. The Kier molecular flexibility index (Phi) is 3.98. The zero-order valence-electron chi connectivity index (χ0n) is 12.8. The van der Waals surface area contributed by atoms with Gasteiger partial charge in [0.25, 0.3) is 11.6 Å². The van der Waals surface area contributed by atoms with E-state index in [0.29, 0.717) is 11.3 Å². The van der Waals surface area contributed by atoms with Gasteiger partial charge in [0.15, 0.2) is 0 Å². The number of hydrogen-bond donors (Lipinski definition) is 1. The fourth-order valence-electron chi connectivity index (χ4n) is 2.39. The minimum Gasteiger partial charge on any atom is -0.383 e. The van der Waals surface area contributed by atoms with E-state index in [0.717, 1.165) is 14.6 Å². The van der Waals surface area contributed by atoms with Crippen molar-refractivity contribution in [3.05, 3.63) is 40.3 Å². The maximum atomic E-state index is 12.9. The first kappa shape index (κ1) is 16.7. The highest BCUT2D eigenvalue weighted by Gasteiger charge is 2.37. The molecule has 0 aliphatic rings. The van der Waals surface area contributed by atoms with E-state index in [1.807, 2.05) is 38.1 Å². The van der Waals surface area contributed by atoms with Crippen LogP contribution in [0, 0.1) is 0 Å². The third-order valence-corrected chi connectivity index (χ3v) is 4.01. The number of halogens is 4. The molecular formula is C15H13BrF3N5. The second-order valence-electron chi connectivity index (χ2n) is 5.56. The average molecular weight is 400 g/mol. The lowest BCUT2D eigenvalue weighted by Gasteiger charge is -2.15. The summed E-state index contributed by atoms with van der Waals surface area (Å²) in [7, 11) is 0. The van der Waals surface area contributed by atoms with Crippen LogP contribution in [0.1, 0.15) is 31.3 Å². The lowest BCUT2D eigenvalue weighted by Crippen LogP contribution is -2.10. The average Bonchev–Trinajstić information content (AvgIpc) is 2.93. The van der Waals surface area contributed by atoms with Crippen molar-refractivity contribution < 1.29 is 13.2 Å². The molecule has 0 aliphatic heterocycles. The molecule has 0 spiro atoms. The Morgan fingerprint density at radius 1 is 1.12 bits per heavy atom. The highest BCUT2D eigenvalue weighted by atomic mass is 79.9. The predicted octanol–water partition coefficient (Wildman–Crippen LogP) is 4.28. The van der Waals surface area contributed by atoms with Crippen molar-refractivity contribution in [2.24, 2.45) is 0 Å². The summed E-state index contributed by atoms with van der Waals surface area (Å²) < 4.78 is 40.4. The van der Waals surface area contributed by atoms with Gasteiger partial charge >= 0.3 is 6.18 Å². The molecule has 9 heteroatoms. The number of alkyl halides is 3. The molecule has 0 amide bonds. The highest BCUT2D eigenvalue weighted by molar-refractivity contribution is 9.10. The van der Waals surface area contributed by atoms with E-state index in [9.17, 15) is 13.2 Å². The Morgan fingerprint density at radius 2 is 1.75 bits per heavy atom. The number of hydrogen-bond acceptors (Lipinski definition) is 4. The molecule has 0 unspecified atom stereocenters. The van der Waals surface area contributed by atoms with Gasteiger partial charge < -0.3 is 5.73 Å². The molecule has 3 aromatic rings. The number of nitrogens with zero attached hydrogens (tertiary/aromatic N) is 4. The molecule has 0 fully saturated rings. The number of nitrogens with two attached hydrogens (primary N) is 1. The Bertz CT molecular complexity index is 900. The first-order valence-corrected chi connectivity index (χ1v) is 7.87. The number of nitrogen functional groups attached to an aromatic ring is 1. The molecule has 5 nitrogen and oxygen atoms in total. The standard InChI is InChI=1S/C15H13BrF3N5/c1-7(2)11-10(8-3-5-9(16)6-4-8)12(20)24-14(21-11)22-13(23-24)15(17,18)19/h3-7H,20H2,1-2H3. The number of aromatic nitrogens is 4. The molecule has 126 valence electrons. The first-order chi connectivity index (χ1) is 11.2. The quantitative estimate of drug-likeness (QED) is 0.698. The molecule has 2 heterocycles. The van der Waals surface area contributed by atoms with E-state index in [2.05, 4.69) is 31.0 Å². The van der Waals surface area contributed by atoms with Crippen molar-refractivity contribution in [1.82, 2.24) is 19.6 Å². The lowest BCUT2D eigenvalue weighted by atomic mass is 9.98. The highest BCUT2D eigenvalue weighted by Crippen LogP contribution is 2.35. The van der Waals surface area contributed by atoms with Gasteiger partial charge in [0.1, 0.15) is 5.82 Å². The van der Waals surface area contributed by atoms with Gasteiger partial charge in [0.05, 0.1) is 5.69 Å². The molecule has 0 saturated carbocycles. The van der Waals surface area contributed by atoms with Crippen LogP contribution >= 0.6 is 15.9 Å². The van der Waals surface area contributed by atoms with E-state index in [1.54, 1.807) is 0 Å². The van der Waals surface area contributed by atoms with Crippen LogP contribution < -0.4 is 5.73 Å². The summed E-state index contributed by atoms with van der Waals surface area (Å²) in [6, 6.07) is 7.28. The van der Waals surface area contributed by atoms with Crippen molar-refractivity contribution in [1.29, 1.82) is 0 Å². The maximum absolute atomic E-state index is 12.9. The van der Waals surface area contributed by atoms with Gasteiger partial charge in [-0.15, -0.1) is 5.10 Å². The number of rotatable bonds is 2. The minimum absolute atomic E-state index is 0.0537. The van der Waals surface area contributed by atoms with Crippen molar-refractivity contribution in [2.45, 2.75) is 25.9 Å². The second-order valence-corrected chi connectivity index (χ2v) is 6.48. The van der Waals surface area contributed by atoms with Crippen LogP contribution in [0.2, 0.25) is 0 Å². The zero-order valence-corrected chi connectivity index (χ0v) is 14.4. The fourth-order valence-corrected chi connectivity index (χ4v) is 2.65. The van der Waals surface area contributed by atoms with Crippen molar-refractivity contribution in [2.75, 3.05) is 5.73 Å². The van der Waals surface area contributed by atoms with E-state index in [-0.39, 0.29) is 17.5 Å². The second kappa shape index (κ2) is 5.73. The SMILES string of the molecule is CC(C)c1nc2nc(C(F)(F)F)nn2c(N)c1-c1ccc(Br)cc1. The van der Waals surface area contributed by atoms with E-state index in [4.69, 9.17) is 5.73 Å². The van der Waals surface area contributed by atoms with Crippen molar-refractivity contribution >= 4 is 27.5 Å². The van der Waals surface area contributed by atoms with Crippen LogP contribution in [0.25, 0.3) is 16.9 Å². The number of fused-ring (bicyclic) bond motifs is 1. The topological polar surface area (TPSA) is 69.1 Å². The zero-order chi connectivity index (χ0) is 17.6. The van der Waals surface area contributed by atoms with E-state index < -0.39 is 12.0 Å². The minimum atomic E-state index is -4.66. The van der Waals surface area contributed by atoms with Crippen LogP contribution in [0.4, 0.5) is 19.0 Å². The molecular weight excluding hydrogens is 387 g/mol. The van der Waals surface area contributed by atoms with Crippen LogP contribution in [0.15, 0.2) is 28.7 Å². The Hall–Kier alpha value is -2.16. The molecule has 24 heavy (non-hydrogen) atoms. The number of benzene rings is 1. The molecule has 0 bridgehead atoms. The normalized spacial score (nSPS) is 12.3. The maximum Gasteiger partial charge on any atom is 0.453 e. The van der Waals surface area contributed by atoms with Gasteiger partial charge in [-0.3, -0.25) is 0 Å². The van der Waals surface area contributed by atoms with Gasteiger partial charge in [-0.1, -0.05) is 41.9 Å². The molecule has 0 saturated heterocycles. The van der Waals surface area contributed by atoms with Gasteiger partial charge in [-0.05, 0) is 23.6 Å². The summed E-state index contributed by atoms with van der Waals surface area (Å²) in [5.74, 6) is -1.40. The van der Waals surface area contributed by atoms with E-state index >= 15 is 0 Å². The lowest BCUT2D eigenvalue weighted by molar-refractivity contribution is -0.144. The monoisotopic (exact) mass is 399 g/mol. The van der Waals surface area contributed by atoms with Gasteiger partial charge in [-0.25, -0.2) is 4.98 Å². The molecule has 2 N–H and O–H groups in total. The summed E-state index contributed by atoms with van der Waals surface area (Å²) in [5.41, 5.74) is 8.01. The summed E-state index contributed by atoms with van der Waals surface area (Å²) in [6.07, 6.45) is -4.66. The third kappa shape index (κ3) is 2.83. The first-order valence-electron chi connectivity index (χ1n) is 7.07. The third-order valence-electron chi connectivity index (χ3n) is 3.48. The fraction of sp³-hybridized carbons (Fsp3) is 0.267. The Morgan fingerprint density at radius 3 is 2.29 bits per heavy atom. The van der Waals surface area contributed by atoms with Crippen molar-refractivity contribution in [3.8, 4) is 11.1 Å². The van der Waals surface area contributed by atoms with E-state index in [1.165, 1.54) is 0 Å². The van der Waals surface area contributed by atoms with Crippen LogP contribution in [0.3, 0.4) is 0 Å². The van der Waals surface area contributed by atoms with Gasteiger partial charge in [0, 0.05) is 10.0 Å². The summed E-state index contributed by atoms with van der Waals surface area (Å²) >= 11 is 3.35. The van der Waals surface area contributed by atoms with Gasteiger partial charge in [-0.2, -0.15) is 22.7 Å². The van der Waals surface area contributed by atoms with Crippen molar-refractivity contribution in [3.63, 3.8) is 0 Å². The summed E-state index contributed by atoms with van der Waals surface area (Å²) in [4.78, 5) is 7.73. The molecule has 0 radical (unpaired) electrons.